The van der Waals surface area contributed by atoms with Crippen LogP contribution in [-0.2, 0) is 21.1 Å². The molecule has 0 aliphatic carbocycles. The number of carbonyl (C=O) groups is 1. The van der Waals surface area contributed by atoms with Gasteiger partial charge in [-0.05, 0) is 11.6 Å². The number of anilines is 1. The molecule has 0 bridgehead atoms. The molecule has 2 aliphatic rings. The molecule has 2 saturated heterocycles. The summed E-state index contributed by atoms with van der Waals surface area (Å²) in [7, 11) is -3.20. The minimum Gasteiger partial charge on any atom is -0.335 e. The van der Waals surface area contributed by atoms with Crippen LogP contribution in [0.2, 0.25) is 0 Å². The quantitative estimate of drug-likeness (QED) is 0.782. The van der Waals surface area contributed by atoms with Crippen molar-refractivity contribution in [1.82, 2.24) is 14.9 Å². The highest BCUT2D eigenvalue weighted by molar-refractivity contribution is 7.91. The highest BCUT2D eigenvalue weighted by atomic mass is 32.2. The van der Waals surface area contributed by atoms with E-state index in [0.717, 1.165) is 5.56 Å². The molecule has 2 aliphatic heterocycles. The molecule has 0 spiro atoms. The Balaban J connectivity index is 1.58. The first-order chi connectivity index (χ1) is 12.5. The molecule has 2 atom stereocenters. The van der Waals surface area contributed by atoms with Crippen molar-refractivity contribution in [3.05, 3.63) is 54.4 Å². The van der Waals surface area contributed by atoms with Gasteiger partial charge in [0.1, 0.15) is 0 Å². The van der Waals surface area contributed by atoms with Gasteiger partial charge >= 0.3 is 0 Å². The van der Waals surface area contributed by atoms with E-state index in [1.807, 2.05) is 35.2 Å². The Labute approximate surface area is 152 Å². The Hall–Kier alpha value is -2.48. The molecular weight excluding hydrogens is 352 g/mol. The first-order valence-electron chi connectivity index (χ1n) is 8.61. The summed E-state index contributed by atoms with van der Waals surface area (Å²) in [5.74, 6) is 0.527. The lowest BCUT2D eigenvalue weighted by Gasteiger charge is -2.43. The molecule has 1 aromatic carbocycles. The third kappa shape index (κ3) is 3.29. The fraction of sp³-hybridized carbons (Fsp3) is 0.389. The molecule has 4 rings (SSSR count). The van der Waals surface area contributed by atoms with E-state index in [4.69, 9.17) is 0 Å². The first kappa shape index (κ1) is 17.0. The number of sulfone groups is 1. The molecule has 3 heterocycles. The number of fused-ring (bicyclic) bond motifs is 1. The fourth-order valence-corrected chi connectivity index (χ4v) is 5.80. The van der Waals surface area contributed by atoms with Gasteiger partial charge in [-0.2, -0.15) is 0 Å². The number of piperazine rings is 1. The number of nitrogens with zero attached hydrogens (tertiary/aromatic N) is 4. The fourth-order valence-electron chi connectivity index (χ4n) is 3.82. The van der Waals surface area contributed by atoms with Crippen LogP contribution in [0.1, 0.15) is 5.56 Å². The molecule has 2 aromatic rings. The number of carbonyl (C=O) groups excluding carboxylic acids is 1. The third-order valence-electron chi connectivity index (χ3n) is 5.00. The van der Waals surface area contributed by atoms with Crippen molar-refractivity contribution in [2.45, 2.75) is 18.5 Å². The lowest BCUT2D eigenvalue weighted by Crippen LogP contribution is -2.61. The number of aromatic nitrogens is 2. The van der Waals surface area contributed by atoms with Gasteiger partial charge in [-0.1, -0.05) is 30.3 Å². The number of benzene rings is 1. The van der Waals surface area contributed by atoms with Crippen LogP contribution in [0.25, 0.3) is 0 Å². The normalized spacial score (nSPS) is 24.3. The summed E-state index contributed by atoms with van der Waals surface area (Å²) in [5, 5.41) is 0. The monoisotopic (exact) mass is 372 g/mol. The van der Waals surface area contributed by atoms with Gasteiger partial charge in [0.25, 0.3) is 0 Å². The van der Waals surface area contributed by atoms with E-state index in [1.54, 1.807) is 23.4 Å². The maximum Gasteiger partial charge on any atom is 0.227 e. The number of rotatable bonds is 3. The van der Waals surface area contributed by atoms with Crippen molar-refractivity contribution in [3.8, 4) is 0 Å². The highest BCUT2D eigenvalue weighted by Gasteiger charge is 2.48. The van der Waals surface area contributed by atoms with Crippen LogP contribution in [0, 0.1) is 0 Å². The van der Waals surface area contributed by atoms with Crippen LogP contribution in [0.4, 0.5) is 5.95 Å². The van der Waals surface area contributed by atoms with Gasteiger partial charge in [-0.25, -0.2) is 18.4 Å². The zero-order chi connectivity index (χ0) is 18.1. The Bertz CT molecular complexity index is 889. The van der Waals surface area contributed by atoms with E-state index in [-0.39, 0.29) is 35.9 Å². The summed E-state index contributed by atoms with van der Waals surface area (Å²) in [4.78, 5) is 25.0. The number of hydrogen-bond acceptors (Lipinski definition) is 6. The third-order valence-corrected chi connectivity index (χ3v) is 6.70. The topological polar surface area (TPSA) is 83.5 Å². The van der Waals surface area contributed by atoms with Crippen LogP contribution in [0.5, 0.6) is 0 Å². The van der Waals surface area contributed by atoms with E-state index >= 15 is 0 Å². The van der Waals surface area contributed by atoms with Crippen molar-refractivity contribution >= 4 is 21.7 Å². The molecule has 0 saturated carbocycles. The van der Waals surface area contributed by atoms with E-state index in [2.05, 4.69) is 9.97 Å². The second kappa shape index (κ2) is 6.68. The van der Waals surface area contributed by atoms with Gasteiger partial charge in [0.15, 0.2) is 9.84 Å². The van der Waals surface area contributed by atoms with Crippen LogP contribution < -0.4 is 4.90 Å². The average molecular weight is 372 g/mol. The molecule has 0 radical (unpaired) electrons. The first-order valence-corrected chi connectivity index (χ1v) is 10.4. The molecule has 26 heavy (non-hydrogen) atoms. The van der Waals surface area contributed by atoms with Gasteiger partial charge in [-0.3, -0.25) is 4.79 Å². The highest BCUT2D eigenvalue weighted by Crippen LogP contribution is 2.29. The SMILES string of the molecule is O=C(Cc1ccccc1)N1CCN(c2ncccn2)[C@@H]2CS(=O)(=O)C[C@@H]21. The summed E-state index contributed by atoms with van der Waals surface area (Å²) in [6.07, 6.45) is 3.58. The zero-order valence-corrected chi connectivity index (χ0v) is 15.0. The second-order valence-electron chi connectivity index (χ2n) is 6.70. The summed E-state index contributed by atoms with van der Waals surface area (Å²) in [6, 6.07) is 10.6. The van der Waals surface area contributed by atoms with Gasteiger partial charge in [0, 0.05) is 25.5 Å². The summed E-state index contributed by atoms with van der Waals surface area (Å²) >= 11 is 0. The summed E-state index contributed by atoms with van der Waals surface area (Å²) in [6.45, 7) is 1.00. The van der Waals surface area contributed by atoms with E-state index in [0.29, 0.717) is 19.0 Å². The molecule has 1 amide bonds. The van der Waals surface area contributed by atoms with E-state index < -0.39 is 9.84 Å². The van der Waals surface area contributed by atoms with Crippen molar-refractivity contribution in [2.75, 3.05) is 29.5 Å². The Kier molecular flexibility index (Phi) is 4.36. The molecule has 0 N–H and O–H groups in total. The lowest BCUT2D eigenvalue weighted by molar-refractivity contribution is -0.133. The molecule has 8 heteroatoms. The van der Waals surface area contributed by atoms with Crippen molar-refractivity contribution in [3.63, 3.8) is 0 Å². The minimum absolute atomic E-state index is 0.00152. The van der Waals surface area contributed by atoms with Crippen LogP contribution >= 0.6 is 0 Å². The Morgan fingerprint density at radius 3 is 2.42 bits per heavy atom. The predicted octanol–water partition coefficient (Wildman–Crippen LogP) is 0.533. The van der Waals surface area contributed by atoms with Crippen molar-refractivity contribution in [1.29, 1.82) is 0 Å². The maximum atomic E-state index is 12.8. The van der Waals surface area contributed by atoms with Gasteiger partial charge < -0.3 is 9.80 Å². The van der Waals surface area contributed by atoms with Gasteiger partial charge in [0.05, 0.1) is 30.0 Å². The Morgan fingerprint density at radius 1 is 1.00 bits per heavy atom. The largest absolute Gasteiger partial charge is 0.335 e. The summed E-state index contributed by atoms with van der Waals surface area (Å²) in [5.41, 5.74) is 0.934. The smallest absolute Gasteiger partial charge is 0.227 e. The molecular formula is C18H20N4O3S. The van der Waals surface area contributed by atoms with Crippen LogP contribution in [0.15, 0.2) is 48.8 Å². The Morgan fingerprint density at radius 2 is 1.69 bits per heavy atom. The molecule has 0 unspecified atom stereocenters. The predicted molar refractivity (Wildman–Crippen MR) is 97.5 cm³/mol. The lowest BCUT2D eigenvalue weighted by atomic mass is 10.0. The van der Waals surface area contributed by atoms with Crippen LogP contribution in [0.3, 0.4) is 0 Å². The summed E-state index contributed by atoms with van der Waals surface area (Å²) < 4.78 is 24.6. The van der Waals surface area contributed by atoms with Gasteiger partial charge in [0.2, 0.25) is 11.9 Å². The van der Waals surface area contributed by atoms with Crippen molar-refractivity contribution in [2.24, 2.45) is 0 Å². The second-order valence-corrected chi connectivity index (χ2v) is 8.86. The van der Waals surface area contributed by atoms with Crippen molar-refractivity contribution < 1.29 is 13.2 Å². The molecule has 7 nitrogen and oxygen atoms in total. The van der Waals surface area contributed by atoms with E-state index in [1.165, 1.54) is 0 Å². The molecule has 2 fully saturated rings. The van der Waals surface area contributed by atoms with Crippen LogP contribution in [-0.4, -0.2) is 65.9 Å². The van der Waals surface area contributed by atoms with Gasteiger partial charge in [-0.15, -0.1) is 0 Å². The number of hydrogen-bond donors (Lipinski definition) is 0. The molecule has 136 valence electrons. The van der Waals surface area contributed by atoms with E-state index in [9.17, 15) is 13.2 Å². The molecule has 1 aromatic heterocycles. The average Bonchev–Trinajstić information content (AvgIpc) is 2.97. The standard InChI is InChI=1S/C18H20N4O3S/c23-17(11-14-5-2-1-3-6-14)21-9-10-22(18-19-7-4-8-20-18)16-13-26(24,25)12-15(16)21/h1-8,15-16H,9-13H2/t15-,16+/m0/s1. The maximum absolute atomic E-state index is 12.8. The minimum atomic E-state index is -3.20. The zero-order valence-electron chi connectivity index (χ0n) is 14.2. The number of amides is 1.